The third-order valence-electron chi connectivity index (χ3n) is 2.45. The summed E-state index contributed by atoms with van der Waals surface area (Å²) in [6, 6.07) is 6.11. The van der Waals surface area contributed by atoms with Crippen LogP contribution >= 0.6 is 11.6 Å². The van der Waals surface area contributed by atoms with Gasteiger partial charge in [0, 0.05) is 6.04 Å². The van der Waals surface area contributed by atoms with E-state index in [-0.39, 0.29) is 0 Å². The van der Waals surface area contributed by atoms with Crippen molar-refractivity contribution in [1.82, 2.24) is 0 Å². The quantitative estimate of drug-likeness (QED) is 0.747. The molecule has 1 aromatic carbocycles. The highest BCUT2D eigenvalue weighted by molar-refractivity contribution is 6.33. The molecule has 0 aromatic heterocycles. The van der Waals surface area contributed by atoms with Gasteiger partial charge in [0.2, 0.25) is 0 Å². The molecule has 0 saturated carbocycles. The van der Waals surface area contributed by atoms with Gasteiger partial charge >= 0.3 is 0 Å². The average Bonchev–Trinajstić information content (AvgIpc) is 2.22. The third kappa shape index (κ3) is 3.63. The number of nitrogens with two attached hydrogens (primary N) is 1. The molecule has 0 saturated heterocycles. The minimum atomic E-state index is 0.436. The Balaban J connectivity index is 2.60. The number of unbranched alkanes of at least 4 members (excludes halogenated alkanes) is 1. The van der Waals surface area contributed by atoms with Crippen molar-refractivity contribution < 1.29 is 0 Å². The Morgan fingerprint density at radius 1 is 1.47 bits per heavy atom. The van der Waals surface area contributed by atoms with Crippen LogP contribution in [0.3, 0.4) is 0 Å². The van der Waals surface area contributed by atoms with Crippen LogP contribution in [0.1, 0.15) is 33.1 Å². The molecule has 0 fully saturated rings. The van der Waals surface area contributed by atoms with Gasteiger partial charge in [-0.1, -0.05) is 37.4 Å². The Bertz CT molecular complexity index is 312. The molecule has 0 heterocycles. The summed E-state index contributed by atoms with van der Waals surface area (Å²) in [5.41, 5.74) is 7.44. The van der Waals surface area contributed by atoms with Gasteiger partial charge < -0.3 is 11.1 Å². The largest absolute Gasteiger partial charge is 0.396 e. The first-order valence-electron chi connectivity index (χ1n) is 5.45. The summed E-state index contributed by atoms with van der Waals surface area (Å²) in [5, 5.41) is 3.99. The average molecular weight is 227 g/mol. The van der Waals surface area contributed by atoms with Crippen LogP contribution in [-0.2, 0) is 0 Å². The SMILES string of the molecule is CCCCC(C)Nc1cccc(Cl)c1N. The number of benzene rings is 1. The van der Waals surface area contributed by atoms with E-state index in [1.165, 1.54) is 12.8 Å². The van der Waals surface area contributed by atoms with Crippen molar-refractivity contribution in [3.05, 3.63) is 23.2 Å². The van der Waals surface area contributed by atoms with Gasteiger partial charge in [-0.05, 0) is 25.5 Å². The number of anilines is 2. The summed E-state index contributed by atoms with van der Waals surface area (Å²) in [7, 11) is 0. The van der Waals surface area contributed by atoms with E-state index >= 15 is 0 Å². The maximum Gasteiger partial charge on any atom is 0.0739 e. The van der Waals surface area contributed by atoms with Crippen LogP contribution in [0.4, 0.5) is 11.4 Å². The van der Waals surface area contributed by atoms with E-state index in [0.29, 0.717) is 16.8 Å². The number of hydrogen-bond donors (Lipinski definition) is 2. The number of para-hydroxylation sites is 1. The lowest BCUT2D eigenvalue weighted by atomic mass is 10.1. The molecule has 0 aliphatic rings. The van der Waals surface area contributed by atoms with E-state index in [2.05, 4.69) is 19.2 Å². The maximum atomic E-state index is 5.94. The number of hydrogen-bond acceptors (Lipinski definition) is 2. The van der Waals surface area contributed by atoms with Gasteiger partial charge in [-0.2, -0.15) is 0 Å². The van der Waals surface area contributed by atoms with Crippen molar-refractivity contribution in [2.24, 2.45) is 0 Å². The highest BCUT2D eigenvalue weighted by Crippen LogP contribution is 2.27. The molecule has 84 valence electrons. The predicted molar refractivity (Wildman–Crippen MR) is 68.5 cm³/mol. The van der Waals surface area contributed by atoms with Crippen molar-refractivity contribution in [2.75, 3.05) is 11.1 Å². The molecule has 0 bridgehead atoms. The Morgan fingerprint density at radius 3 is 2.87 bits per heavy atom. The first kappa shape index (κ1) is 12.2. The second-order valence-electron chi connectivity index (χ2n) is 3.89. The molecule has 1 atom stereocenters. The summed E-state index contributed by atoms with van der Waals surface area (Å²) in [6.07, 6.45) is 3.61. The molecule has 0 aliphatic carbocycles. The Morgan fingerprint density at radius 2 is 2.20 bits per heavy atom. The minimum absolute atomic E-state index is 0.436. The fourth-order valence-corrected chi connectivity index (χ4v) is 1.69. The lowest BCUT2D eigenvalue weighted by molar-refractivity contribution is 0.645. The van der Waals surface area contributed by atoms with Gasteiger partial charge in [0.15, 0.2) is 0 Å². The molecule has 1 aromatic rings. The molecule has 1 unspecified atom stereocenters. The van der Waals surface area contributed by atoms with Gasteiger partial charge in [0.1, 0.15) is 0 Å². The molecule has 0 spiro atoms. The zero-order chi connectivity index (χ0) is 11.3. The van der Waals surface area contributed by atoms with Gasteiger partial charge in [0.25, 0.3) is 0 Å². The van der Waals surface area contributed by atoms with Crippen molar-refractivity contribution in [3.63, 3.8) is 0 Å². The maximum absolute atomic E-state index is 5.94. The first-order chi connectivity index (χ1) is 7.15. The molecule has 1 rings (SSSR count). The van der Waals surface area contributed by atoms with E-state index in [1.54, 1.807) is 6.07 Å². The topological polar surface area (TPSA) is 38.0 Å². The standard InChI is InChI=1S/C12H19ClN2/c1-3-4-6-9(2)15-11-8-5-7-10(13)12(11)14/h5,7-9,15H,3-4,6,14H2,1-2H3. The first-order valence-corrected chi connectivity index (χ1v) is 5.83. The molecular weight excluding hydrogens is 208 g/mol. The second kappa shape index (κ2) is 5.86. The van der Waals surface area contributed by atoms with Crippen molar-refractivity contribution in [2.45, 2.75) is 39.2 Å². The molecular formula is C12H19ClN2. The van der Waals surface area contributed by atoms with Crippen molar-refractivity contribution in [1.29, 1.82) is 0 Å². The van der Waals surface area contributed by atoms with Crippen molar-refractivity contribution >= 4 is 23.0 Å². The van der Waals surface area contributed by atoms with Crippen LogP contribution in [0.2, 0.25) is 5.02 Å². The number of halogens is 1. The summed E-state index contributed by atoms with van der Waals surface area (Å²) in [4.78, 5) is 0. The van der Waals surface area contributed by atoms with E-state index in [4.69, 9.17) is 17.3 Å². The molecule has 15 heavy (non-hydrogen) atoms. The van der Waals surface area contributed by atoms with Gasteiger partial charge in [-0.25, -0.2) is 0 Å². The zero-order valence-corrected chi connectivity index (χ0v) is 10.1. The lowest BCUT2D eigenvalue weighted by Crippen LogP contribution is -2.15. The Kier molecular flexibility index (Phi) is 4.76. The summed E-state index contributed by atoms with van der Waals surface area (Å²) in [6.45, 7) is 4.36. The van der Waals surface area contributed by atoms with Gasteiger partial charge in [-0.3, -0.25) is 0 Å². The summed E-state index contributed by atoms with van der Waals surface area (Å²) >= 11 is 5.94. The molecule has 3 heteroatoms. The Hall–Kier alpha value is -0.890. The van der Waals surface area contributed by atoms with Crippen LogP contribution in [0.15, 0.2) is 18.2 Å². The van der Waals surface area contributed by atoms with Crippen LogP contribution in [0.5, 0.6) is 0 Å². The van der Waals surface area contributed by atoms with E-state index in [9.17, 15) is 0 Å². The van der Waals surface area contributed by atoms with Crippen LogP contribution in [0, 0.1) is 0 Å². The monoisotopic (exact) mass is 226 g/mol. The zero-order valence-electron chi connectivity index (χ0n) is 9.39. The smallest absolute Gasteiger partial charge is 0.0739 e. The highest BCUT2D eigenvalue weighted by Gasteiger charge is 2.06. The molecule has 0 amide bonds. The fourth-order valence-electron chi connectivity index (χ4n) is 1.51. The van der Waals surface area contributed by atoms with Crippen molar-refractivity contribution in [3.8, 4) is 0 Å². The molecule has 2 nitrogen and oxygen atoms in total. The van der Waals surface area contributed by atoms with E-state index < -0.39 is 0 Å². The molecule has 0 aliphatic heterocycles. The number of nitrogen functional groups attached to an aromatic ring is 1. The van der Waals surface area contributed by atoms with Gasteiger partial charge in [-0.15, -0.1) is 0 Å². The van der Waals surface area contributed by atoms with Crippen LogP contribution in [-0.4, -0.2) is 6.04 Å². The van der Waals surface area contributed by atoms with Crippen LogP contribution < -0.4 is 11.1 Å². The highest BCUT2D eigenvalue weighted by atomic mass is 35.5. The predicted octanol–water partition coefficient (Wildman–Crippen LogP) is 3.91. The number of rotatable bonds is 5. The summed E-state index contributed by atoms with van der Waals surface area (Å²) < 4.78 is 0. The van der Waals surface area contributed by atoms with E-state index in [1.807, 2.05) is 12.1 Å². The second-order valence-corrected chi connectivity index (χ2v) is 4.30. The Labute approximate surface area is 96.8 Å². The molecule has 0 radical (unpaired) electrons. The fraction of sp³-hybridized carbons (Fsp3) is 0.500. The summed E-state index contributed by atoms with van der Waals surface area (Å²) in [5.74, 6) is 0. The van der Waals surface area contributed by atoms with E-state index in [0.717, 1.165) is 12.1 Å². The van der Waals surface area contributed by atoms with Gasteiger partial charge in [0.05, 0.1) is 16.4 Å². The normalized spacial score (nSPS) is 12.5. The lowest BCUT2D eigenvalue weighted by Gasteiger charge is -2.16. The van der Waals surface area contributed by atoms with Crippen LogP contribution in [0.25, 0.3) is 0 Å². The molecule has 3 N–H and O–H groups in total. The third-order valence-corrected chi connectivity index (χ3v) is 2.78. The number of nitrogens with one attached hydrogen (secondary N) is 1. The minimum Gasteiger partial charge on any atom is -0.396 e.